The van der Waals surface area contributed by atoms with Crippen LogP contribution in [0.25, 0.3) is 11.3 Å². The van der Waals surface area contributed by atoms with Gasteiger partial charge in [0.1, 0.15) is 0 Å². The fourth-order valence-corrected chi connectivity index (χ4v) is 6.68. The highest BCUT2D eigenvalue weighted by Crippen LogP contribution is 2.31. The summed E-state index contributed by atoms with van der Waals surface area (Å²) in [5, 5.41) is 25.3. The quantitative estimate of drug-likeness (QED) is 0.330. The van der Waals surface area contributed by atoms with Crippen LogP contribution in [0.5, 0.6) is 0 Å². The number of carbonyl (C=O) groups is 1. The number of thiazole rings is 1. The first kappa shape index (κ1) is 26.5. The van der Waals surface area contributed by atoms with Crippen molar-refractivity contribution in [1.82, 2.24) is 10.3 Å². The molecule has 0 unspecified atom stereocenters. The maximum atomic E-state index is 13.5. The molecule has 1 fully saturated rings. The van der Waals surface area contributed by atoms with Crippen molar-refractivity contribution in [3.63, 3.8) is 0 Å². The minimum Gasteiger partial charge on any atom is -0.426 e. The zero-order chi connectivity index (χ0) is 25.7. The van der Waals surface area contributed by atoms with E-state index in [4.69, 9.17) is 0 Å². The molecule has 0 bridgehead atoms. The van der Waals surface area contributed by atoms with E-state index in [1.165, 1.54) is 17.4 Å². The van der Waals surface area contributed by atoms with E-state index in [0.29, 0.717) is 23.6 Å². The number of nitrogens with one attached hydrogen (secondary N) is 1. The maximum Gasteiger partial charge on any atom is 0.475 e. The van der Waals surface area contributed by atoms with Gasteiger partial charge in [0.2, 0.25) is 5.91 Å². The highest BCUT2D eigenvalue weighted by atomic mass is 32.2. The third-order valence-electron chi connectivity index (χ3n) is 6.72. The zero-order valence-corrected chi connectivity index (χ0v) is 21.8. The zero-order valence-electron chi connectivity index (χ0n) is 20.2. The second kappa shape index (κ2) is 11.7. The number of hydrogen-bond acceptors (Lipinski definition) is 7. The predicted octanol–water partition coefficient (Wildman–Crippen LogP) is 3.44. The molecule has 7 nitrogen and oxygen atoms in total. The van der Waals surface area contributed by atoms with Gasteiger partial charge in [-0.3, -0.25) is 4.79 Å². The molecular formula is C26H31BN2O5S2. The second-order valence-electron chi connectivity index (χ2n) is 9.51. The normalized spacial score (nSPS) is 15.6. The molecule has 0 spiro atoms. The van der Waals surface area contributed by atoms with Crippen LogP contribution in [0.1, 0.15) is 36.3 Å². The van der Waals surface area contributed by atoms with Crippen molar-refractivity contribution < 1.29 is 23.3 Å². The third kappa shape index (κ3) is 6.82. The van der Waals surface area contributed by atoms with Crippen LogP contribution in [-0.4, -0.2) is 48.2 Å². The summed E-state index contributed by atoms with van der Waals surface area (Å²) >= 11 is 1.49. The molecule has 0 aliphatic heterocycles. The molecule has 1 saturated carbocycles. The van der Waals surface area contributed by atoms with Crippen molar-refractivity contribution in [2.45, 2.75) is 49.9 Å². The van der Waals surface area contributed by atoms with Crippen LogP contribution in [0.3, 0.4) is 0 Å². The molecule has 4 rings (SSSR count). The van der Waals surface area contributed by atoms with Crippen molar-refractivity contribution in [1.29, 1.82) is 0 Å². The number of aromatic nitrogens is 1. The SMILES string of the molecule is Cc1nc(-c2cccc(S(=O)(=O)C[C@@H](Cc3ccccc3)C(=O)N[C@@H](CC3CCC3)B(O)O)c2)cs1. The Morgan fingerprint density at radius 3 is 2.53 bits per heavy atom. The van der Waals surface area contributed by atoms with Gasteiger partial charge >= 0.3 is 7.12 Å². The van der Waals surface area contributed by atoms with E-state index in [1.54, 1.807) is 12.1 Å². The first-order chi connectivity index (χ1) is 17.2. The lowest BCUT2D eigenvalue weighted by Gasteiger charge is -2.30. The molecule has 10 heteroatoms. The summed E-state index contributed by atoms with van der Waals surface area (Å²) in [5.41, 5.74) is 2.25. The largest absolute Gasteiger partial charge is 0.475 e. The minimum absolute atomic E-state index is 0.129. The minimum atomic E-state index is -3.83. The summed E-state index contributed by atoms with van der Waals surface area (Å²) in [6.45, 7) is 1.89. The molecule has 1 amide bonds. The van der Waals surface area contributed by atoms with Gasteiger partial charge < -0.3 is 15.4 Å². The smallest absolute Gasteiger partial charge is 0.426 e. The number of amides is 1. The van der Waals surface area contributed by atoms with Gasteiger partial charge in [-0.25, -0.2) is 13.4 Å². The fraction of sp³-hybridized carbons (Fsp3) is 0.385. The summed E-state index contributed by atoms with van der Waals surface area (Å²) in [6.07, 6.45) is 3.77. The van der Waals surface area contributed by atoms with Crippen LogP contribution in [0.4, 0.5) is 0 Å². The average Bonchev–Trinajstić information content (AvgIpc) is 3.26. The molecular weight excluding hydrogens is 495 g/mol. The molecule has 0 saturated heterocycles. The lowest BCUT2D eigenvalue weighted by molar-refractivity contribution is -0.124. The van der Waals surface area contributed by atoms with Crippen LogP contribution < -0.4 is 5.32 Å². The summed E-state index contributed by atoms with van der Waals surface area (Å²) in [4.78, 5) is 17.9. The number of rotatable bonds is 11. The van der Waals surface area contributed by atoms with E-state index >= 15 is 0 Å². The molecule has 1 aromatic heterocycles. The van der Waals surface area contributed by atoms with Gasteiger partial charge in [0.15, 0.2) is 9.84 Å². The van der Waals surface area contributed by atoms with Gasteiger partial charge in [-0.1, -0.05) is 61.7 Å². The van der Waals surface area contributed by atoms with E-state index in [-0.39, 0.29) is 11.3 Å². The van der Waals surface area contributed by atoms with Crippen LogP contribution in [0.2, 0.25) is 0 Å². The molecule has 3 N–H and O–H groups in total. The first-order valence-corrected chi connectivity index (χ1v) is 14.7. The Morgan fingerprint density at radius 1 is 1.17 bits per heavy atom. The molecule has 1 aliphatic rings. The molecule has 3 aromatic rings. The van der Waals surface area contributed by atoms with Crippen molar-refractivity contribution in [2.75, 3.05) is 5.75 Å². The molecule has 2 aromatic carbocycles. The topological polar surface area (TPSA) is 117 Å². The van der Waals surface area contributed by atoms with Crippen molar-refractivity contribution in [2.24, 2.45) is 11.8 Å². The molecule has 1 aliphatic carbocycles. The van der Waals surface area contributed by atoms with Gasteiger partial charge in [0.05, 0.1) is 33.2 Å². The van der Waals surface area contributed by atoms with Gasteiger partial charge in [-0.05, 0) is 43.4 Å². The van der Waals surface area contributed by atoms with Crippen LogP contribution in [-0.2, 0) is 21.1 Å². The van der Waals surface area contributed by atoms with Crippen molar-refractivity contribution in [3.8, 4) is 11.3 Å². The Labute approximate surface area is 216 Å². The molecule has 36 heavy (non-hydrogen) atoms. The van der Waals surface area contributed by atoms with E-state index in [2.05, 4.69) is 10.3 Å². The van der Waals surface area contributed by atoms with E-state index in [0.717, 1.165) is 29.8 Å². The number of sulfone groups is 1. The molecule has 1 heterocycles. The third-order valence-corrected chi connectivity index (χ3v) is 9.31. The Morgan fingerprint density at radius 2 is 1.92 bits per heavy atom. The summed E-state index contributed by atoms with van der Waals surface area (Å²) in [5.74, 6) is -2.29. The lowest BCUT2D eigenvalue weighted by Crippen LogP contribution is -2.50. The highest BCUT2D eigenvalue weighted by molar-refractivity contribution is 7.91. The lowest BCUT2D eigenvalue weighted by atomic mass is 9.69. The van der Waals surface area contributed by atoms with Crippen molar-refractivity contribution >= 4 is 34.2 Å². The van der Waals surface area contributed by atoms with E-state index in [9.17, 15) is 23.3 Å². The molecule has 190 valence electrons. The van der Waals surface area contributed by atoms with E-state index in [1.807, 2.05) is 48.7 Å². The Bertz CT molecular complexity index is 1280. The maximum absolute atomic E-state index is 13.5. The van der Waals surface area contributed by atoms with Gasteiger partial charge in [-0.15, -0.1) is 11.3 Å². The number of hydrogen-bond donors (Lipinski definition) is 3. The highest BCUT2D eigenvalue weighted by Gasteiger charge is 2.34. The van der Waals surface area contributed by atoms with E-state index < -0.39 is 40.5 Å². The number of aryl methyl sites for hydroxylation is 1. The van der Waals surface area contributed by atoms with Crippen LogP contribution >= 0.6 is 11.3 Å². The Kier molecular flexibility index (Phi) is 8.61. The summed E-state index contributed by atoms with van der Waals surface area (Å²) in [7, 11) is -5.54. The van der Waals surface area contributed by atoms with Gasteiger partial charge in [0, 0.05) is 10.9 Å². The number of nitrogens with zero attached hydrogens (tertiary/aromatic N) is 1. The van der Waals surface area contributed by atoms with Gasteiger partial charge in [-0.2, -0.15) is 0 Å². The Balaban J connectivity index is 1.56. The second-order valence-corrected chi connectivity index (χ2v) is 12.6. The monoisotopic (exact) mass is 526 g/mol. The Hall–Kier alpha value is -2.53. The standard InChI is InChI=1S/C26H31BN2O5S2/c1-18-28-24(16-35-18)21-11-6-12-23(15-21)36(33,34)17-22(13-19-7-3-2-4-8-19)26(30)29-25(27(31)32)14-20-9-5-10-20/h2-4,6-8,11-12,15-16,20,22,25,31-32H,5,9-10,13-14,17H2,1H3,(H,29,30)/t22-,25+/m1/s1. The summed E-state index contributed by atoms with van der Waals surface area (Å²) < 4.78 is 27.0. The fourth-order valence-electron chi connectivity index (χ4n) is 4.48. The van der Waals surface area contributed by atoms with Crippen LogP contribution in [0, 0.1) is 18.8 Å². The van der Waals surface area contributed by atoms with Crippen molar-refractivity contribution in [3.05, 3.63) is 70.5 Å². The molecule has 0 radical (unpaired) electrons. The molecule has 2 atom stereocenters. The van der Waals surface area contributed by atoms with Gasteiger partial charge in [0.25, 0.3) is 0 Å². The number of carbonyl (C=O) groups excluding carboxylic acids is 1. The average molecular weight is 526 g/mol. The predicted molar refractivity (Wildman–Crippen MR) is 142 cm³/mol. The summed E-state index contributed by atoms with van der Waals surface area (Å²) in [6, 6.07) is 15.9. The number of benzene rings is 2. The van der Waals surface area contributed by atoms with Crippen LogP contribution in [0.15, 0.2) is 64.9 Å². The first-order valence-electron chi connectivity index (χ1n) is 12.2.